The molecule has 0 aliphatic carbocycles. The third-order valence-corrected chi connectivity index (χ3v) is 0.758. The predicted molar refractivity (Wildman–Crippen MR) is 23.4 cm³/mol. The van der Waals surface area contributed by atoms with Gasteiger partial charge in [0.25, 0.3) is 0 Å². The van der Waals surface area contributed by atoms with Crippen LogP contribution in [0.1, 0.15) is 0 Å². The Hall–Kier alpha value is 3.74. The average Bonchev–Trinajstić information content (AvgIpc) is 1.57. The largest absolute Gasteiger partial charge is 1.00 e. The summed E-state index contributed by atoms with van der Waals surface area (Å²) in [7, 11) is -10.3. The Morgan fingerprint density at radius 3 is 1.38 bits per heavy atom. The second-order valence-electron chi connectivity index (χ2n) is 0.972. The fraction of sp³-hybridized carbons (Fsp3) is 0. The Morgan fingerprint density at radius 1 is 1.00 bits per heavy atom. The van der Waals surface area contributed by atoms with E-state index in [2.05, 4.69) is 8.67 Å². The van der Waals surface area contributed by atoms with Crippen molar-refractivity contribution in [3.63, 3.8) is 0 Å². The molecule has 0 aliphatic heterocycles. The SMILES string of the molecule is O=S(=O)([O-])OOS(=O)(=O)O.[I-].[K+].[K+]. The quantitative estimate of drug-likeness (QED) is 0.124. The first-order chi connectivity index (χ1) is 4.21. The van der Waals surface area contributed by atoms with Crippen LogP contribution in [0.25, 0.3) is 0 Å². The summed E-state index contributed by atoms with van der Waals surface area (Å²) in [4.78, 5) is 0. The zero-order chi connectivity index (χ0) is 8.41. The second kappa shape index (κ2) is 10.9. The standard InChI is InChI=1S/HI.2K.H2O8S2/c;;;1-9(2,3)7-8-10(4,5)6/h1H;;;(H,1,2,3)(H,4,5,6)/q;2*+1;/p-2. The summed E-state index contributed by atoms with van der Waals surface area (Å²) in [6.07, 6.45) is 0. The minimum atomic E-state index is -5.27. The zero-order valence-corrected chi connectivity index (χ0v) is 16.5. The van der Waals surface area contributed by atoms with Gasteiger partial charge in [-0.3, -0.25) is 4.55 Å². The van der Waals surface area contributed by atoms with E-state index in [0.29, 0.717) is 0 Å². The third-order valence-electron chi connectivity index (χ3n) is 0.197. The minimum Gasteiger partial charge on any atom is -1.00 e. The Labute approximate surface area is 177 Å². The summed E-state index contributed by atoms with van der Waals surface area (Å²) in [5.41, 5.74) is 0. The van der Waals surface area contributed by atoms with Crippen LogP contribution in [0, 0.1) is 0 Å². The van der Waals surface area contributed by atoms with Crippen LogP contribution in [-0.2, 0) is 29.5 Å². The molecule has 8 nitrogen and oxygen atoms in total. The van der Waals surface area contributed by atoms with Gasteiger partial charge in [0.05, 0.1) is 0 Å². The minimum absolute atomic E-state index is 0. The maximum absolute atomic E-state index is 9.48. The number of hydrogen-bond donors (Lipinski definition) is 1. The summed E-state index contributed by atoms with van der Waals surface area (Å²) in [5.74, 6) is 0. The van der Waals surface area contributed by atoms with Gasteiger partial charge < -0.3 is 28.5 Å². The van der Waals surface area contributed by atoms with Crippen LogP contribution < -0.4 is 127 Å². The summed E-state index contributed by atoms with van der Waals surface area (Å²) < 4.78 is 60.2. The molecule has 0 aromatic rings. The molecule has 0 bridgehead atoms. The molecule has 0 atom stereocenters. The van der Waals surface area contributed by atoms with Gasteiger partial charge in [0, 0.05) is 0 Å². The van der Waals surface area contributed by atoms with Crippen molar-refractivity contribution in [2.45, 2.75) is 0 Å². The van der Waals surface area contributed by atoms with E-state index in [9.17, 15) is 21.4 Å². The van der Waals surface area contributed by atoms with Crippen molar-refractivity contribution in [3.05, 3.63) is 0 Å². The van der Waals surface area contributed by atoms with E-state index in [-0.39, 0.29) is 127 Å². The van der Waals surface area contributed by atoms with Crippen molar-refractivity contribution >= 4 is 20.8 Å². The molecule has 0 aromatic carbocycles. The first kappa shape index (κ1) is 25.6. The summed E-state index contributed by atoms with van der Waals surface area (Å²) in [6, 6.07) is 0. The predicted octanol–water partition coefficient (Wildman–Crippen LogP) is -10.8. The Kier molecular flexibility index (Phi) is 21.4. The van der Waals surface area contributed by atoms with Crippen molar-refractivity contribution in [2.24, 2.45) is 0 Å². The number of rotatable bonds is 3. The summed E-state index contributed by atoms with van der Waals surface area (Å²) >= 11 is 0. The van der Waals surface area contributed by atoms with Gasteiger partial charge >= 0.3 is 113 Å². The monoisotopic (exact) mass is 398 g/mol. The van der Waals surface area contributed by atoms with E-state index >= 15 is 0 Å². The molecule has 13 heteroatoms. The van der Waals surface area contributed by atoms with Gasteiger partial charge in [-0.05, 0) is 0 Å². The molecule has 0 saturated heterocycles. The van der Waals surface area contributed by atoms with E-state index in [1.54, 1.807) is 0 Å². The molecular weight excluding hydrogens is 397 g/mol. The van der Waals surface area contributed by atoms with Gasteiger partial charge in [0.15, 0.2) is 0 Å². The van der Waals surface area contributed by atoms with Crippen molar-refractivity contribution in [1.29, 1.82) is 0 Å². The van der Waals surface area contributed by atoms with Gasteiger partial charge in [0.1, 0.15) is 0 Å². The number of halogens is 1. The zero-order valence-electron chi connectivity index (χ0n) is 6.50. The van der Waals surface area contributed by atoms with E-state index in [0.717, 1.165) is 0 Å². The Balaban J connectivity index is -0.000000135. The third kappa shape index (κ3) is 25.8. The van der Waals surface area contributed by atoms with Gasteiger partial charge in [0.2, 0.25) is 10.4 Å². The molecule has 0 amide bonds. The van der Waals surface area contributed by atoms with E-state index in [1.807, 2.05) is 0 Å². The van der Waals surface area contributed by atoms with Crippen molar-refractivity contribution in [3.8, 4) is 0 Å². The molecular formula is HIK2O8S2. The molecule has 0 fully saturated rings. The first-order valence-corrected chi connectivity index (χ1v) is 4.21. The van der Waals surface area contributed by atoms with Crippen LogP contribution in [0.4, 0.5) is 0 Å². The fourth-order valence-electron chi connectivity index (χ4n) is 0.0691. The van der Waals surface area contributed by atoms with E-state index in [4.69, 9.17) is 4.55 Å². The van der Waals surface area contributed by atoms with Crippen LogP contribution in [0.2, 0.25) is 0 Å². The molecule has 0 heterocycles. The van der Waals surface area contributed by atoms with Crippen molar-refractivity contribution in [2.75, 3.05) is 0 Å². The Morgan fingerprint density at radius 2 is 1.31 bits per heavy atom. The molecule has 70 valence electrons. The molecule has 0 rings (SSSR count). The molecule has 1 N–H and O–H groups in total. The molecule has 0 aliphatic rings. The smallest absolute Gasteiger partial charge is 1.00 e. The molecule has 0 spiro atoms. The van der Waals surface area contributed by atoms with E-state index < -0.39 is 20.8 Å². The topological polar surface area (TPSA) is 130 Å². The van der Waals surface area contributed by atoms with Crippen LogP contribution in [0.5, 0.6) is 0 Å². The molecule has 0 aromatic heterocycles. The van der Waals surface area contributed by atoms with Gasteiger partial charge in [-0.2, -0.15) is 8.42 Å². The average molecular weight is 398 g/mol. The van der Waals surface area contributed by atoms with Crippen molar-refractivity contribution < 1.29 is 161 Å². The van der Waals surface area contributed by atoms with Crippen LogP contribution in [0.3, 0.4) is 0 Å². The summed E-state index contributed by atoms with van der Waals surface area (Å²) in [6.45, 7) is 0. The molecule has 0 radical (unpaired) electrons. The molecule has 0 unspecified atom stereocenters. The van der Waals surface area contributed by atoms with Gasteiger partial charge in [-0.15, -0.1) is 0 Å². The fourth-order valence-corrected chi connectivity index (χ4v) is 0.622. The molecule has 0 saturated carbocycles. The van der Waals surface area contributed by atoms with Crippen LogP contribution in [-0.4, -0.2) is 25.9 Å². The molecule has 13 heavy (non-hydrogen) atoms. The maximum Gasteiger partial charge on any atom is 1.00 e. The van der Waals surface area contributed by atoms with Gasteiger partial charge in [-0.25, -0.2) is 8.42 Å². The van der Waals surface area contributed by atoms with Crippen LogP contribution >= 0.6 is 0 Å². The first-order valence-electron chi connectivity index (χ1n) is 1.52. The van der Waals surface area contributed by atoms with Crippen molar-refractivity contribution in [1.82, 2.24) is 0 Å². The van der Waals surface area contributed by atoms with Crippen LogP contribution in [0.15, 0.2) is 0 Å². The normalized spacial score (nSPS) is 10.3. The van der Waals surface area contributed by atoms with Gasteiger partial charge in [-0.1, -0.05) is 8.67 Å². The summed E-state index contributed by atoms with van der Waals surface area (Å²) in [5, 5.41) is 0. The Bertz CT molecular complexity index is 256. The number of hydrogen-bond acceptors (Lipinski definition) is 7. The maximum atomic E-state index is 9.48. The van der Waals surface area contributed by atoms with E-state index in [1.165, 1.54) is 0 Å². The second-order valence-corrected chi connectivity index (χ2v) is 2.92.